The normalized spacial score (nSPS) is 13.4. The molecule has 1 heterocycles. The lowest BCUT2D eigenvalue weighted by Gasteiger charge is -2.26. The molecule has 1 aliphatic rings. The van der Waals surface area contributed by atoms with Gasteiger partial charge in [-0.2, -0.15) is 0 Å². The molecule has 0 unspecified atom stereocenters. The Balaban J connectivity index is 1.95. The number of guanidine groups is 1. The molecule has 0 saturated heterocycles. The van der Waals surface area contributed by atoms with Crippen molar-refractivity contribution >= 4 is 34.8 Å². The average molecular weight is 350 g/mol. The van der Waals surface area contributed by atoms with E-state index < -0.39 is 0 Å². The molecule has 0 fully saturated rings. The summed E-state index contributed by atoms with van der Waals surface area (Å²) in [7, 11) is 1.65. The highest BCUT2D eigenvalue weighted by atomic mass is 35.5. The number of anilines is 1. The fraction of sp³-hybridized carbons (Fsp3) is 0.235. The Hall–Kier alpha value is -1.91. The van der Waals surface area contributed by atoms with E-state index in [1.54, 1.807) is 7.11 Å². The Labute approximate surface area is 145 Å². The highest BCUT2D eigenvalue weighted by molar-refractivity contribution is 6.40. The standard InChI is InChI=1S/C17H17Cl2N3O/c1-23-13-7-5-12(6-8-13)11-22(17-20-9-10-21-17)16-14(18)3-2-4-15(16)19/h2-8H,9-11H2,1H3,(H,20,21). The number of hydrogen-bond donors (Lipinski definition) is 1. The topological polar surface area (TPSA) is 36.9 Å². The van der Waals surface area contributed by atoms with Gasteiger partial charge in [0.25, 0.3) is 0 Å². The molecule has 0 aliphatic carbocycles. The molecule has 3 rings (SSSR count). The zero-order chi connectivity index (χ0) is 16.2. The third kappa shape index (κ3) is 3.54. The smallest absolute Gasteiger partial charge is 0.199 e. The van der Waals surface area contributed by atoms with E-state index in [4.69, 9.17) is 27.9 Å². The number of para-hydroxylation sites is 1. The minimum absolute atomic E-state index is 0.599. The van der Waals surface area contributed by atoms with Crippen molar-refractivity contribution in [2.75, 3.05) is 25.1 Å². The predicted molar refractivity (Wildman–Crippen MR) is 95.9 cm³/mol. The number of benzene rings is 2. The molecule has 0 aromatic heterocycles. The van der Waals surface area contributed by atoms with Gasteiger partial charge in [-0.1, -0.05) is 41.4 Å². The van der Waals surface area contributed by atoms with E-state index in [-0.39, 0.29) is 0 Å². The molecule has 1 aliphatic heterocycles. The van der Waals surface area contributed by atoms with Crippen molar-refractivity contribution in [1.29, 1.82) is 0 Å². The summed E-state index contributed by atoms with van der Waals surface area (Å²) in [6.07, 6.45) is 0. The first-order valence-corrected chi connectivity index (χ1v) is 8.07. The van der Waals surface area contributed by atoms with E-state index in [1.807, 2.05) is 47.4 Å². The summed E-state index contributed by atoms with van der Waals surface area (Å²) in [6.45, 7) is 2.17. The van der Waals surface area contributed by atoms with Crippen LogP contribution < -0.4 is 15.0 Å². The molecule has 0 radical (unpaired) electrons. The van der Waals surface area contributed by atoms with Crippen molar-refractivity contribution in [3.63, 3.8) is 0 Å². The molecule has 6 heteroatoms. The van der Waals surface area contributed by atoms with Crippen molar-refractivity contribution in [1.82, 2.24) is 5.32 Å². The van der Waals surface area contributed by atoms with Gasteiger partial charge in [-0.3, -0.25) is 4.99 Å². The SMILES string of the molecule is COc1ccc(CN(C2=NCCN2)c2c(Cl)cccc2Cl)cc1. The third-order valence-electron chi connectivity index (χ3n) is 3.62. The average Bonchev–Trinajstić information content (AvgIpc) is 3.08. The summed E-state index contributed by atoms with van der Waals surface area (Å²) in [5.41, 5.74) is 1.87. The Bertz CT molecular complexity index is 696. The van der Waals surface area contributed by atoms with Gasteiger partial charge in [0.2, 0.25) is 0 Å². The van der Waals surface area contributed by atoms with Gasteiger partial charge in [-0.15, -0.1) is 0 Å². The number of hydrogen-bond acceptors (Lipinski definition) is 4. The van der Waals surface area contributed by atoms with Gasteiger partial charge in [-0.05, 0) is 29.8 Å². The van der Waals surface area contributed by atoms with Crippen molar-refractivity contribution in [3.8, 4) is 5.75 Å². The van der Waals surface area contributed by atoms with Crippen LogP contribution in [0.1, 0.15) is 5.56 Å². The Morgan fingerprint density at radius 2 is 1.83 bits per heavy atom. The third-order valence-corrected chi connectivity index (χ3v) is 4.23. The van der Waals surface area contributed by atoms with Crippen LogP contribution in [0.15, 0.2) is 47.5 Å². The van der Waals surface area contributed by atoms with Crippen LogP contribution in [0.4, 0.5) is 5.69 Å². The number of nitrogens with zero attached hydrogens (tertiary/aromatic N) is 2. The van der Waals surface area contributed by atoms with Gasteiger partial charge in [0.05, 0.1) is 35.9 Å². The van der Waals surface area contributed by atoms with Crippen molar-refractivity contribution in [2.24, 2.45) is 4.99 Å². The second-order valence-electron chi connectivity index (χ2n) is 5.14. The van der Waals surface area contributed by atoms with Crippen molar-refractivity contribution in [3.05, 3.63) is 58.1 Å². The number of methoxy groups -OCH3 is 1. The molecule has 0 spiro atoms. The fourth-order valence-corrected chi connectivity index (χ4v) is 3.09. The van der Waals surface area contributed by atoms with E-state index in [0.717, 1.165) is 36.0 Å². The quantitative estimate of drug-likeness (QED) is 0.907. The largest absolute Gasteiger partial charge is 0.497 e. The Morgan fingerprint density at radius 3 is 2.39 bits per heavy atom. The highest BCUT2D eigenvalue weighted by Gasteiger charge is 2.21. The zero-order valence-corrected chi connectivity index (χ0v) is 14.2. The monoisotopic (exact) mass is 349 g/mol. The van der Waals surface area contributed by atoms with Gasteiger partial charge in [0.15, 0.2) is 5.96 Å². The maximum Gasteiger partial charge on any atom is 0.199 e. The highest BCUT2D eigenvalue weighted by Crippen LogP contribution is 2.35. The van der Waals surface area contributed by atoms with Gasteiger partial charge >= 0.3 is 0 Å². The molecule has 2 aromatic rings. The van der Waals surface area contributed by atoms with Crippen LogP contribution in [0, 0.1) is 0 Å². The number of ether oxygens (including phenoxy) is 1. The number of halogens is 2. The fourth-order valence-electron chi connectivity index (χ4n) is 2.49. The van der Waals surface area contributed by atoms with Crippen molar-refractivity contribution < 1.29 is 4.74 Å². The molecule has 1 N–H and O–H groups in total. The lowest BCUT2D eigenvalue weighted by atomic mass is 10.2. The van der Waals surface area contributed by atoms with E-state index in [2.05, 4.69) is 10.3 Å². The van der Waals surface area contributed by atoms with Crippen LogP contribution in [0.3, 0.4) is 0 Å². The molecular formula is C17H17Cl2N3O. The van der Waals surface area contributed by atoms with Crippen LogP contribution in [-0.2, 0) is 6.54 Å². The zero-order valence-electron chi connectivity index (χ0n) is 12.7. The van der Waals surface area contributed by atoms with Crippen molar-refractivity contribution in [2.45, 2.75) is 6.54 Å². The number of rotatable bonds is 4. The van der Waals surface area contributed by atoms with E-state index in [9.17, 15) is 0 Å². The molecule has 2 aromatic carbocycles. The molecule has 0 atom stereocenters. The molecule has 23 heavy (non-hydrogen) atoms. The lowest BCUT2D eigenvalue weighted by Crippen LogP contribution is -2.38. The second-order valence-corrected chi connectivity index (χ2v) is 5.95. The molecule has 0 saturated carbocycles. The first-order chi connectivity index (χ1) is 11.2. The molecule has 120 valence electrons. The van der Waals surface area contributed by atoms with Crippen LogP contribution in [0.5, 0.6) is 5.75 Å². The van der Waals surface area contributed by atoms with Gasteiger partial charge in [0.1, 0.15) is 5.75 Å². The van der Waals surface area contributed by atoms with E-state index >= 15 is 0 Å². The number of aliphatic imine (C=N–C) groups is 1. The first-order valence-electron chi connectivity index (χ1n) is 7.32. The molecule has 4 nitrogen and oxygen atoms in total. The van der Waals surface area contributed by atoms with Crippen LogP contribution in [-0.4, -0.2) is 26.2 Å². The van der Waals surface area contributed by atoms with Gasteiger partial charge in [0, 0.05) is 6.54 Å². The maximum absolute atomic E-state index is 6.39. The summed E-state index contributed by atoms with van der Waals surface area (Å²) in [6, 6.07) is 13.4. The Morgan fingerprint density at radius 1 is 1.13 bits per heavy atom. The molecule has 0 bridgehead atoms. The number of nitrogens with one attached hydrogen (secondary N) is 1. The van der Waals surface area contributed by atoms with E-state index in [0.29, 0.717) is 16.6 Å². The van der Waals surface area contributed by atoms with Crippen LogP contribution in [0.2, 0.25) is 10.0 Å². The minimum Gasteiger partial charge on any atom is -0.497 e. The lowest BCUT2D eigenvalue weighted by molar-refractivity contribution is 0.414. The predicted octanol–water partition coefficient (Wildman–Crippen LogP) is 3.97. The van der Waals surface area contributed by atoms with Gasteiger partial charge < -0.3 is 15.0 Å². The summed E-state index contributed by atoms with van der Waals surface area (Å²) in [5.74, 6) is 1.61. The summed E-state index contributed by atoms with van der Waals surface area (Å²) >= 11 is 12.8. The summed E-state index contributed by atoms with van der Waals surface area (Å²) < 4.78 is 5.20. The van der Waals surface area contributed by atoms with Gasteiger partial charge in [-0.25, -0.2) is 0 Å². The van der Waals surface area contributed by atoms with Crippen LogP contribution in [0.25, 0.3) is 0 Å². The van der Waals surface area contributed by atoms with E-state index in [1.165, 1.54) is 0 Å². The first kappa shape index (κ1) is 16.0. The molecule has 0 amide bonds. The second kappa shape index (κ2) is 7.11. The summed E-state index contributed by atoms with van der Waals surface area (Å²) in [4.78, 5) is 6.53. The minimum atomic E-state index is 0.599. The summed E-state index contributed by atoms with van der Waals surface area (Å²) in [5, 5.41) is 4.49. The molecular weight excluding hydrogens is 333 g/mol. The maximum atomic E-state index is 6.39. The Kier molecular flexibility index (Phi) is 4.94. The van der Waals surface area contributed by atoms with Crippen LogP contribution >= 0.6 is 23.2 Å².